The molecule has 0 unspecified atom stereocenters. The van der Waals surface area contributed by atoms with Gasteiger partial charge in [-0.1, -0.05) is 6.58 Å². The third-order valence-electron chi connectivity index (χ3n) is 1.85. The molecule has 2 nitrogen and oxygen atoms in total. The Morgan fingerprint density at radius 2 is 2.08 bits per heavy atom. The molecule has 1 aromatic rings. The number of aryl methyl sites for hydroxylation is 2. The van der Waals surface area contributed by atoms with Gasteiger partial charge < -0.3 is 5.32 Å². The minimum Gasteiger partial charge on any atom is -0.388 e. The molecule has 1 N–H and O–H groups in total. The second-order valence-corrected chi connectivity index (χ2v) is 2.81. The number of hydrogen-bond acceptors (Lipinski definition) is 2. The first-order chi connectivity index (χ1) is 5.65. The van der Waals surface area contributed by atoms with Gasteiger partial charge in [-0.3, -0.25) is 4.98 Å². The molecule has 0 amide bonds. The lowest BCUT2D eigenvalue weighted by molar-refractivity contribution is 1.07. The Balaban J connectivity index is 3.09. The third kappa shape index (κ3) is 1.64. The van der Waals surface area contributed by atoms with Crippen molar-refractivity contribution < 1.29 is 0 Å². The average Bonchev–Trinajstić information content (AvgIpc) is 2.03. The monoisotopic (exact) mass is 162 g/mol. The van der Waals surface area contributed by atoms with E-state index in [-0.39, 0.29) is 0 Å². The molecule has 1 heterocycles. The zero-order chi connectivity index (χ0) is 9.14. The Labute approximate surface area is 73.3 Å². The molecular weight excluding hydrogens is 148 g/mol. The van der Waals surface area contributed by atoms with E-state index >= 15 is 0 Å². The zero-order valence-electron chi connectivity index (χ0n) is 7.81. The molecule has 0 radical (unpaired) electrons. The van der Waals surface area contributed by atoms with E-state index in [1.54, 1.807) is 0 Å². The summed E-state index contributed by atoms with van der Waals surface area (Å²) in [4.78, 5) is 4.34. The van der Waals surface area contributed by atoms with E-state index in [9.17, 15) is 0 Å². The van der Waals surface area contributed by atoms with Gasteiger partial charge in [-0.25, -0.2) is 0 Å². The lowest BCUT2D eigenvalue weighted by Crippen LogP contribution is -2.05. The van der Waals surface area contributed by atoms with Crippen LogP contribution in [0.5, 0.6) is 0 Å². The van der Waals surface area contributed by atoms with Crippen molar-refractivity contribution in [2.24, 2.45) is 0 Å². The van der Waals surface area contributed by atoms with Crippen LogP contribution < -0.4 is 5.32 Å². The summed E-state index contributed by atoms with van der Waals surface area (Å²) in [5.74, 6) is 0. The SMILES string of the molecule is C=C(NC)c1ccc(C)nc1C. The largest absolute Gasteiger partial charge is 0.388 e. The van der Waals surface area contributed by atoms with Crippen molar-refractivity contribution in [1.29, 1.82) is 0 Å². The highest BCUT2D eigenvalue weighted by molar-refractivity contribution is 5.63. The van der Waals surface area contributed by atoms with Crippen molar-refractivity contribution in [3.8, 4) is 0 Å². The Kier molecular flexibility index (Phi) is 2.48. The topological polar surface area (TPSA) is 24.9 Å². The van der Waals surface area contributed by atoms with E-state index in [1.807, 2.05) is 33.0 Å². The van der Waals surface area contributed by atoms with E-state index in [4.69, 9.17) is 0 Å². The maximum atomic E-state index is 4.34. The summed E-state index contributed by atoms with van der Waals surface area (Å²) in [6, 6.07) is 4.03. The van der Waals surface area contributed by atoms with Gasteiger partial charge in [0.25, 0.3) is 0 Å². The van der Waals surface area contributed by atoms with Gasteiger partial charge in [0, 0.05) is 29.7 Å². The van der Waals surface area contributed by atoms with Gasteiger partial charge in [0.2, 0.25) is 0 Å². The molecule has 12 heavy (non-hydrogen) atoms. The van der Waals surface area contributed by atoms with Crippen LogP contribution in [0.3, 0.4) is 0 Å². The molecule has 64 valence electrons. The fraction of sp³-hybridized carbons (Fsp3) is 0.300. The Hall–Kier alpha value is -1.31. The molecule has 0 fully saturated rings. The minimum absolute atomic E-state index is 0.917. The predicted octanol–water partition coefficient (Wildman–Crippen LogP) is 1.89. The van der Waals surface area contributed by atoms with Crippen LogP contribution >= 0.6 is 0 Å². The molecule has 0 atom stereocenters. The summed E-state index contributed by atoms with van der Waals surface area (Å²) in [5.41, 5.74) is 4.07. The van der Waals surface area contributed by atoms with Gasteiger partial charge in [0.05, 0.1) is 0 Å². The van der Waals surface area contributed by atoms with E-state index in [1.165, 1.54) is 0 Å². The van der Waals surface area contributed by atoms with Crippen molar-refractivity contribution >= 4 is 5.70 Å². The lowest BCUT2D eigenvalue weighted by Gasteiger charge is -2.07. The minimum atomic E-state index is 0.917. The van der Waals surface area contributed by atoms with Crippen LogP contribution in [0, 0.1) is 13.8 Å². The highest BCUT2D eigenvalue weighted by Gasteiger charge is 2.01. The maximum absolute atomic E-state index is 4.34. The number of pyridine rings is 1. The van der Waals surface area contributed by atoms with E-state index in [0.717, 1.165) is 22.6 Å². The fourth-order valence-electron chi connectivity index (χ4n) is 1.14. The van der Waals surface area contributed by atoms with Gasteiger partial charge in [-0.2, -0.15) is 0 Å². The number of rotatable bonds is 2. The molecule has 1 rings (SSSR count). The van der Waals surface area contributed by atoms with Crippen molar-refractivity contribution in [3.05, 3.63) is 35.7 Å². The summed E-state index contributed by atoms with van der Waals surface area (Å²) in [6.07, 6.45) is 0. The van der Waals surface area contributed by atoms with Crippen LogP contribution in [0.15, 0.2) is 18.7 Å². The fourth-order valence-corrected chi connectivity index (χ4v) is 1.14. The molecule has 2 heteroatoms. The van der Waals surface area contributed by atoms with Gasteiger partial charge in [0.15, 0.2) is 0 Å². The average molecular weight is 162 g/mol. The van der Waals surface area contributed by atoms with Gasteiger partial charge >= 0.3 is 0 Å². The van der Waals surface area contributed by atoms with Crippen LogP contribution in [-0.2, 0) is 0 Å². The standard InChI is InChI=1S/C10H14N2/c1-7-5-6-10(8(2)11-4)9(3)12-7/h5-6,11H,2H2,1,3-4H3. The van der Waals surface area contributed by atoms with Crippen LogP contribution in [0.1, 0.15) is 17.0 Å². The van der Waals surface area contributed by atoms with Crippen LogP contribution in [0.4, 0.5) is 0 Å². The number of nitrogens with zero attached hydrogens (tertiary/aromatic N) is 1. The lowest BCUT2D eigenvalue weighted by atomic mass is 10.1. The van der Waals surface area contributed by atoms with E-state index in [0.29, 0.717) is 0 Å². The van der Waals surface area contributed by atoms with Crippen LogP contribution in [-0.4, -0.2) is 12.0 Å². The molecule has 1 aromatic heterocycles. The van der Waals surface area contributed by atoms with E-state index < -0.39 is 0 Å². The second kappa shape index (κ2) is 3.39. The summed E-state index contributed by atoms with van der Waals surface area (Å²) < 4.78 is 0. The first kappa shape index (κ1) is 8.78. The summed E-state index contributed by atoms with van der Waals surface area (Å²) in [6.45, 7) is 7.86. The highest BCUT2D eigenvalue weighted by atomic mass is 14.8. The third-order valence-corrected chi connectivity index (χ3v) is 1.85. The molecule has 0 aromatic carbocycles. The van der Waals surface area contributed by atoms with Gasteiger partial charge in [0.1, 0.15) is 0 Å². The van der Waals surface area contributed by atoms with Crippen LogP contribution in [0.25, 0.3) is 5.70 Å². The summed E-state index contributed by atoms with van der Waals surface area (Å²) in [7, 11) is 1.86. The summed E-state index contributed by atoms with van der Waals surface area (Å²) in [5, 5.41) is 3.01. The number of nitrogens with one attached hydrogen (secondary N) is 1. The molecule has 0 aliphatic carbocycles. The molecule has 0 bridgehead atoms. The van der Waals surface area contributed by atoms with Crippen molar-refractivity contribution in [3.63, 3.8) is 0 Å². The Morgan fingerprint density at radius 3 is 2.58 bits per heavy atom. The van der Waals surface area contributed by atoms with Gasteiger partial charge in [-0.15, -0.1) is 0 Å². The van der Waals surface area contributed by atoms with Gasteiger partial charge in [-0.05, 0) is 26.0 Å². The number of hydrogen-bond donors (Lipinski definition) is 1. The first-order valence-electron chi connectivity index (χ1n) is 3.96. The molecule has 0 saturated heterocycles. The van der Waals surface area contributed by atoms with E-state index in [2.05, 4.69) is 16.9 Å². The smallest absolute Gasteiger partial charge is 0.0468 e. The van der Waals surface area contributed by atoms with Crippen molar-refractivity contribution in [1.82, 2.24) is 10.3 Å². The molecule has 0 aliphatic rings. The maximum Gasteiger partial charge on any atom is 0.0468 e. The first-order valence-corrected chi connectivity index (χ1v) is 3.96. The van der Waals surface area contributed by atoms with Crippen LogP contribution in [0.2, 0.25) is 0 Å². The molecule has 0 spiro atoms. The zero-order valence-corrected chi connectivity index (χ0v) is 7.81. The molecule has 0 aliphatic heterocycles. The number of aromatic nitrogens is 1. The molecule has 0 saturated carbocycles. The normalized spacial score (nSPS) is 9.58. The predicted molar refractivity (Wildman–Crippen MR) is 51.8 cm³/mol. The molecular formula is C10H14N2. The highest BCUT2D eigenvalue weighted by Crippen LogP contribution is 2.12. The second-order valence-electron chi connectivity index (χ2n) is 2.81. The van der Waals surface area contributed by atoms with Crippen molar-refractivity contribution in [2.45, 2.75) is 13.8 Å². The van der Waals surface area contributed by atoms with Crippen molar-refractivity contribution in [2.75, 3.05) is 7.05 Å². The Bertz CT molecular complexity index is 303. The quantitative estimate of drug-likeness (QED) is 0.718. The summed E-state index contributed by atoms with van der Waals surface area (Å²) >= 11 is 0. The Morgan fingerprint density at radius 1 is 1.42 bits per heavy atom.